The van der Waals surface area contributed by atoms with Gasteiger partial charge in [0.25, 0.3) is 0 Å². The van der Waals surface area contributed by atoms with E-state index in [1.807, 2.05) is 30.3 Å². The lowest BCUT2D eigenvalue weighted by Crippen LogP contribution is -2.27. The van der Waals surface area contributed by atoms with Crippen molar-refractivity contribution in [2.75, 3.05) is 6.54 Å². The molecule has 0 bridgehead atoms. The van der Waals surface area contributed by atoms with Gasteiger partial charge in [0.2, 0.25) is 0 Å². The van der Waals surface area contributed by atoms with E-state index < -0.39 is 0 Å². The normalized spacial score (nSPS) is 14.9. The number of hydrogen-bond donors (Lipinski definition) is 2. The van der Waals surface area contributed by atoms with Crippen molar-refractivity contribution in [1.82, 2.24) is 14.0 Å². The third-order valence-electron chi connectivity index (χ3n) is 4.32. The predicted octanol–water partition coefficient (Wildman–Crippen LogP) is 5.19. The SMILES string of the molecule is Clc1ccc2[nH]c3c(c2c1)CCN(SNCc1ccccc1Cl)C3. The maximum absolute atomic E-state index is 6.19. The molecular formula is C18H17Cl2N3S. The van der Waals surface area contributed by atoms with Crippen LogP contribution in [0.25, 0.3) is 10.9 Å². The summed E-state index contributed by atoms with van der Waals surface area (Å²) < 4.78 is 5.74. The number of aromatic amines is 1. The van der Waals surface area contributed by atoms with Crippen LogP contribution in [0, 0.1) is 0 Å². The second-order valence-electron chi connectivity index (χ2n) is 5.89. The number of rotatable bonds is 4. The first-order valence-electron chi connectivity index (χ1n) is 7.88. The molecule has 1 aliphatic rings. The Labute approximate surface area is 155 Å². The van der Waals surface area contributed by atoms with E-state index in [0.29, 0.717) is 0 Å². The Morgan fingerprint density at radius 3 is 2.92 bits per heavy atom. The quantitative estimate of drug-likeness (QED) is 0.613. The fraction of sp³-hybridized carbons (Fsp3) is 0.222. The first-order valence-corrected chi connectivity index (χ1v) is 9.41. The Hall–Kier alpha value is -1.17. The molecule has 0 aliphatic carbocycles. The third kappa shape index (κ3) is 3.30. The molecule has 1 aromatic heterocycles. The first kappa shape index (κ1) is 16.3. The molecule has 2 N–H and O–H groups in total. The number of halogens is 2. The van der Waals surface area contributed by atoms with E-state index >= 15 is 0 Å². The molecule has 124 valence electrons. The Morgan fingerprint density at radius 2 is 2.04 bits per heavy atom. The number of fused-ring (bicyclic) bond motifs is 3. The zero-order valence-electron chi connectivity index (χ0n) is 13.0. The number of H-pyrrole nitrogens is 1. The van der Waals surface area contributed by atoms with Gasteiger partial charge in [0, 0.05) is 51.9 Å². The lowest BCUT2D eigenvalue weighted by atomic mass is 10.0. The second kappa shape index (κ2) is 6.98. The molecule has 0 radical (unpaired) electrons. The van der Waals surface area contributed by atoms with Gasteiger partial charge in [-0.25, -0.2) is 9.03 Å². The highest BCUT2D eigenvalue weighted by atomic mass is 35.5. The fourth-order valence-electron chi connectivity index (χ4n) is 3.11. The van der Waals surface area contributed by atoms with Crippen LogP contribution >= 0.6 is 35.3 Å². The van der Waals surface area contributed by atoms with E-state index in [-0.39, 0.29) is 0 Å². The zero-order valence-corrected chi connectivity index (χ0v) is 15.3. The van der Waals surface area contributed by atoms with Gasteiger partial charge >= 0.3 is 0 Å². The van der Waals surface area contributed by atoms with E-state index in [9.17, 15) is 0 Å². The summed E-state index contributed by atoms with van der Waals surface area (Å²) in [4.78, 5) is 3.53. The van der Waals surface area contributed by atoms with Crippen LogP contribution in [0.15, 0.2) is 42.5 Å². The van der Waals surface area contributed by atoms with Crippen molar-refractivity contribution in [3.63, 3.8) is 0 Å². The van der Waals surface area contributed by atoms with Gasteiger partial charge in [0.1, 0.15) is 0 Å². The van der Waals surface area contributed by atoms with E-state index in [1.165, 1.54) is 22.2 Å². The van der Waals surface area contributed by atoms with Crippen LogP contribution in [0.4, 0.5) is 0 Å². The van der Waals surface area contributed by atoms with Crippen LogP contribution in [0.3, 0.4) is 0 Å². The molecule has 0 saturated heterocycles. The number of nitrogens with one attached hydrogen (secondary N) is 2. The third-order valence-corrected chi connectivity index (χ3v) is 5.76. The number of benzene rings is 2. The Bertz CT molecular complexity index is 878. The maximum Gasteiger partial charge on any atom is 0.0507 e. The molecule has 0 amide bonds. The van der Waals surface area contributed by atoms with E-state index in [4.69, 9.17) is 23.2 Å². The molecule has 3 nitrogen and oxygen atoms in total. The number of nitrogens with zero attached hydrogens (tertiary/aromatic N) is 1. The van der Waals surface area contributed by atoms with Crippen molar-refractivity contribution in [3.05, 3.63) is 69.3 Å². The zero-order chi connectivity index (χ0) is 16.5. The Morgan fingerprint density at radius 1 is 1.17 bits per heavy atom. The van der Waals surface area contributed by atoms with Gasteiger partial charge in [0.05, 0.1) is 6.54 Å². The number of hydrogen-bond acceptors (Lipinski definition) is 3. The lowest BCUT2D eigenvalue weighted by Gasteiger charge is -2.25. The van der Waals surface area contributed by atoms with E-state index in [2.05, 4.69) is 26.1 Å². The van der Waals surface area contributed by atoms with Crippen molar-refractivity contribution in [1.29, 1.82) is 0 Å². The Kier molecular flexibility index (Phi) is 4.74. The summed E-state index contributed by atoms with van der Waals surface area (Å²) >= 11 is 14.0. The molecule has 0 unspecified atom stereocenters. The van der Waals surface area contributed by atoms with Crippen LogP contribution in [0.1, 0.15) is 16.8 Å². The maximum atomic E-state index is 6.19. The largest absolute Gasteiger partial charge is 0.357 e. The summed E-state index contributed by atoms with van der Waals surface area (Å²) in [6.45, 7) is 2.64. The highest BCUT2D eigenvalue weighted by molar-refractivity contribution is 7.95. The van der Waals surface area contributed by atoms with Gasteiger partial charge in [-0.3, -0.25) is 0 Å². The van der Waals surface area contributed by atoms with Gasteiger partial charge in [-0.2, -0.15) is 0 Å². The molecule has 3 aromatic rings. The smallest absolute Gasteiger partial charge is 0.0507 e. The highest BCUT2D eigenvalue weighted by Crippen LogP contribution is 2.31. The van der Waals surface area contributed by atoms with E-state index in [1.54, 1.807) is 12.1 Å². The van der Waals surface area contributed by atoms with Crippen molar-refractivity contribution in [3.8, 4) is 0 Å². The average Bonchev–Trinajstić information content (AvgIpc) is 2.94. The molecule has 2 aromatic carbocycles. The molecule has 24 heavy (non-hydrogen) atoms. The molecular weight excluding hydrogens is 361 g/mol. The van der Waals surface area contributed by atoms with Crippen molar-refractivity contribution in [2.45, 2.75) is 19.5 Å². The predicted molar refractivity (Wildman–Crippen MR) is 103 cm³/mol. The van der Waals surface area contributed by atoms with Gasteiger partial charge in [-0.05, 0) is 41.8 Å². The molecule has 0 atom stereocenters. The van der Waals surface area contributed by atoms with Crippen molar-refractivity contribution >= 4 is 46.2 Å². The molecule has 0 fully saturated rings. The molecule has 4 rings (SSSR count). The minimum absolute atomic E-state index is 0.746. The van der Waals surface area contributed by atoms with Crippen LogP contribution in [-0.2, 0) is 19.5 Å². The molecule has 0 spiro atoms. The molecule has 1 aliphatic heterocycles. The second-order valence-corrected chi connectivity index (χ2v) is 7.72. The van der Waals surface area contributed by atoms with Crippen molar-refractivity contribution in [2.24, 2.45) is 0 Å². The molecule has 6 heteroatoms. The van der Waals surface area contributed by atoms with Crippen LogP contribution in [-0.4, -0.2) is 15.8 Å². The van der Waals surface area contributed by atoms with Crippen LogP contribution < -0.4 is 4.72 Å². The van der Waals surface area contributed by atoms with Gasteiger partial charge in [-0.1, -0.05) is 41.4 Å². The summed E-state index contributed by atoms with van der Waals surface area (Å²) in [5, 5.41) is 2.85. The topological polar surface area (TPSA) is 31.1 Å². The summed E-state index contributed by atoms with van der Waals surface area (Å²) in [6, 6.07) is 14.0. The number of aromatic nitrogens is 1. The molecule has 0 saturated carbocycles. The first-order chi connectivity index (χ1) is 11.7. The minimum atomic E-state index is 0.746. The van der Waals surface area contributed by atoms with E-state index in [0.717, 1.165) is 41.7 Å². The standard InChI is InChI=1S/C18H17Cl2N3S/c19-13-5-6-17-15(9-13)14-7-8-23(11-18(14)22-17)24-21-10-12-3-1-2-4-16(12)20/h1-6,9,21-22H,7-8,10-11H2. The molecule has 2 heterocycles. The fourth-order valence-corrected chi connectivity index (χ4v) is 4.26. The highest BCUT2D eigenvalue weighted by Gasteiger charge is 2.21. The summed E-state index contributed by atoms with van der Waals surface area (Å²) in [5.74, 6) is 0. The average molecular weight is 378 g/mol. The van der Waals surface area contributed by atoms with Gasteiger partial charge in [0.15, 0.2) is 0 Å². The monoisotopic (exact) mass is 377 g/mol. The van der Waals surface area contributed by atoms with Crippen molar-refractivity contribution < 1.29 is 0 Å². The van der Waals surface area contributed by atoms with Gasteiger partial charge < -0.3 is 4.98 Å². The summed E-state index contributed by atoms with van der Waals surface area (Å²) in [6.07, 6.45) is 1.02. The summed E-state index contributed by atoms with van der Waals surface area (Å²) in [7, 11) is 0. The van der Waals surface area contributed by atoms with Crippen LogP contribution in [0.2, 0.25) is 10.0 Å². The van der Waals surface area contributed by atoms with Crippen LogP contribution in [0.5, 0.6) is 0 Å². The van der Waals surface area contributed by atoms with Gasteiger partial charge in [-0.15, -0.1) is 0 Å². The Balaban J connectivity index is 1.41. The lowest BCUT2D eigenvalue weighted by molar-refractivity contribution is 0.437. The summed E-state index contributed by atoms with van der Waals surface area (Å²) in [5.41, 5.74) is 4.96. The minimum Gasteiger partial charge on any atom is -0.357 e.